The van der Waals surface area contributed by atoms with Crippen LogP contribution in [0.2, 0.25) is 0 Å². The van der Waals surface area contributed by atoms with Crippen LogP contribution in [0.1, 0.15) is 13.8 Å². The summed E-state index contributed by atoms with van der Waals surface area (Å²) in [6.07, 6.45) is 0. The van der Waals surface area contributed by atoms with Crippen LogP contribution < -0.4 is 0 Å². The second kappa shape index (κ2) is 26.4. The van der Waals surface area contributed by atoms with Gasteiger partial charge >= 0.3 is 11.9 Å². The fraction of sp³-hybridized carbons (Fsp3) is 0.727. The Hall–Kier alpha value is -1.86. The molecule has 0 radical (unpaired) electrons. The highest BCUT2D eigenvalue weighted by molar-refractivity contribution is 5.87. The third-order valence-corrected chi connectivity index (χ3v) is 3.21. The molecule has 0 bridgehead atoms. The Bertz CT molecular complexity index is 465. The van der Waals surface area contributed by atoms with Crippen LogP contribution in [0.25, 0.3) is 0 Å². The minimum Gasteiger partial charge on any atom is -0.460 e. The minimum absolute atomic E-state index is 0.0417. The van der Waals surface area contributed by atoms with Gasteiger partial charge in [0.2, 0.25) is 0 Å². The fourth-order valence-electron chi connectivity index (χ4n) is 1.63. The molecule has 33 heavy (non-hydrogen) atoms. The van der Waals surface area contributed by atoms with Crippen molar-refractivity contribution >= 4 is 11.9 Å². The van der Waals surface area contributed by atoms with Gasteiger partial charge in [-0.1, -0.05) is 13.2 Å². The Labute approximate surface area is 196 Å². The highest BCUT2D eigenvalue weighted by atomic mass is 16.6. The summed E-state index contributed by atoms with van der Waals surface area (Å²) in [6, 6.07) is 0. The average Bonchev–Trinajstić information content (AvgIpc) is 2.79. The van der Waals surface area contributed by atoms with Crippen LogP contribution in [0.5, 0.6) is 0 Å². The molecule has 0 aromatic rings. The van der Waals surface area contributed by atoms with Gasteiger partial charge in [0.05, 0.1) is 79.3 Å². The van der Waals surface area contributed by atoms with E-state index in [4.69, 9.17) is 43.4 Å². The van der Waals surface area contributed by atoms with Crippen molar-refractivity contribution in [3.05, 3.63) is 24.3 Å². The second-order valence-electron chi connectivity index (χ2n) is 6.34. The van der Waals surface area contributed by atoms with Crippen molar-refractivity contribution in [2.75, 3.05) is 92.5 Å². The number of rotatable bonds is 21. The van der Waals surface area contributed by atoms with Crippen LogP contribution in [0.4, 0.5) is 0 Å². The van der Waals surface area contributed by atoms with Crippen molar-refractivity contribution in [1.82, 2.24) is 0 Å². The Balaban J connectivity index is 0. The smallest absolute Gasteiger partial charge is 0.333 e. The summed E-state index contributed by atoms with van der Waals surface area (Å²) >= 11 is 0. The highest BCUT2D eigenvalue weighted by Gasteiger charge is 2.02. The molecular weight excluding hydrogens is 440 g/mol. The van der Waals surface area contributed by atoms with Crippen molar-refractivity contribution in [3.8, 4) is 0 Å². The maximum atomic E-state index is 11.0. The van der Waals surface area contributed by atoms with E-state index in [2.05, 4.69) is 13.2 Å². The number of aliphatic hydroxyl groups is 2. The number of esters is 2. The molecule has 0 fully saturated rings. The lowest BCUT2D eigenvalue weighted by molar-refractivity contribution is -0.141. The summed E-state index contributed by atoms with van der Waals surface area (Å²) in [7, 11) is 0. The van der Waals surface area contributed by atoms with Gasteiger partial charge in [0.1, 0.15) is 13.2 Å². The van der Waals surface area contributed by atoms with E-state index in [1.807, 2.05) is 0 Å². The van der Waals surface area contributed by atoms with Crippen molar-refractivity contribution < 1.29 is 53.0 Å². The summed E-state index contributed by atoms with van der Waals surface area (Å²) in [4.78, 5) is 22.1. The molecule has 11 nitrogen and oxygen atoms in total. The Morgan fingerprint density at radius 1 is 0.515 bits per heavy atom. The van der Waals surface area contributed by atoms with E-state index >= 15 is 0 Å². The van der Waals surface area contributed by atoms with E-state index in [1.165, 1.54) is 0 Å². The molecule has 0 unspecified atom stereocenters. The van der Waals surface area contributed by atoms with E-state index < -0.39 is 11.9 Å². The molecule has 0 rings (SSSR count). The number of ether oxygens (including phenoxy) is 7. The van der Waals surface area contributed by atoms with E-state index in [-0.39, 0.29) is 26.4 Å². The van der Waals surface area contributed by atoms with Crippen molar-refractivity contribution in [2.24, 2.45) is 0 Å². The molecule has 0 aromatic carbocycles. The second-order valence-corrected chi connectivity index (χ2v) is 6.34. The molecule has 0 spiro atoms. The molecule has 0 aliphatic heterocycles. The molecule has 0 saturated carbocycles. The topological polar surface area (TPSA) is 139 Å². The SMILES string of the molecule is C=C(C)C(=O)OCCOCCOCCOCCOC(=O)C(=C)C.OCCOCCOCCO. The zero-order chi connectivity index (χ0) is 25.2. The first-order valence-corrected chi connectivity index (χ1v) is 10.6. The fourth-order valence-corrected chi connectivity index (χ4v) is 1.63. The zero-order valence-corrected chi connectivity index (χ0v) is 19.9. The third kappa shape index (κ3) is 28.1. The van der Waals surface area contributed by atoms with E-state index in [0.29, 0.717) is 77.2 Å². The molecular formula is C22H40O11. The molecule has 11 heteroatoms. The first-order valence-electron chi connectivity index (χ1n) is 10.6. The highest BCUT2D eigenvalue weighted by Crippen LogP contribution is 1.92. The summed E-state index contributed by atoms with van der Waals surface area (Å²) in [5.74, 6) is -0.841. The quantitative estimate of drug-likeness (QED) is 0.133. The van der Waals surface area contributed by atoms with Gasteiger partial charge in [-0.05, 0) is 13.8 Å². The largest absolute Gasteiger partial charge is 0.460 e. The lowest BCUT2D eigenvalue weighted by Crippen LogP contribution is -2.15. The molecule has 2 N–H and O–H groups in total. The Morgan fingerprint density at radius 3 is 1.00 bits per heavy atom. The van der Waals surface area contributed by atoms with Gasteiger partial charge in [-0.2, -0.15) is 0 Å². The molecule has 0 atom stereocenters. The molecule has 0 aliphatic carbocycles. The van der Waals surface area contributed by atoms with E-state index in [1.54, 1.807) is 13.8 Å². The number of hydrogen-bond donors (Lipinski definition) is 2. The van der Waals surface area contributed by atoms with Gasteiger partial charge in [-0.15, -0.1) is 0 Å². The standard InChI is InChI=1S/C16H26O7.C6H14O4/c1-13(2)15(17)22-11-9-20-7-5-19-6-8-21-10-12-23-16(18)14(3)4;7-1-3-9-5-6-10-4-2-8/h1,3,5-12H2,2,4H3;7-8H,1-6H2. The van der Waals surface area contributed by atoms with Gasteiger partial charge < -0.3 is 43.4 Å². The number of carbonyl (C=O) groups excluding carboxylic acids is 2. The lowest BCUT2D eigenvalue weighted by atomic mass is 10.4. The summed E-state index contributed by atoms with van der Waals surface area (Å²) in [5.41, 5.74) is 0.727. The molecule has 0 aromatic heterocycles. The van der Waals surface area contributed by atoms with Crippen LogP contribution in [0.3, 0.4) is 0 Å². The van der Waals surface area contributed by atoms with Crippen LogP contribution in [0.15, 0.2) is 24.3 Å². The molecule has 0 saturated heterocycles. The van der Waals surface area contributed by atoms with Crippen LogP contribution in [0, 0.1) is 0 Å². The van der Waals surface area contributed by atoms with Gasteiger partial charge in [-0.3, -0.25) is 0 Å². The lowest BCUT2D eigenvalue weighted by Gasteiger charge is -2.08. The Kier molecular flexibility index (Phi) is 26.6. The number of aliphatic hydroxyl groups excluding tert-OH is 2. The molecule has 0 heterocycles. The average molecular weight is 481 g/mol. The zero-order valence-electron chi connectivity index (χ0n) is 19.9. The van der Waals surface area contributed by atoms with Gasteiger partial charge in [0, 0.05) is 11.1 Å². The van der Waals surface area contributed by atoms with Crippen molar-refractivity contribution in [1.29, 1.82) is 0 Å². The molecule has 0 amide bonds. The predicted molar refractivity (Wildman–Crippen MR) is 120 cm³/mol. The maximum absolute atomic E-state index is 11.0. The van der Waals surface area contributed by atoms with Crippen LogP contribution in [-0.4, -0.2) is 115 Å². The molecule has 0 aliphatic rings. The maximum Gasteiger partial charge on any atom is 0.333 e. The number of hydrogen-bond acceptors (Lipinski definition) is 11. The predicted octanol–water partition coefficient (Wildman–Crippen LogP) is 0.279. The summed E-state index contributed by atoms with van der Waals surface area (Å²) in [5, 5.41) is 16.5. The first kappa shape index (κ1) is 33.3. The third-order valence-electron chi connectivity index (χ3n) is 3.21. The van der Waals surface area contributed by atoms with E-state index in [0.717, 1.165) is 0 Å². The minimum atomic E-state index is -0.420. The molecule has 194 valence electrons. The van der Waals surface area contributed by atoms with Gasteiger partial charge in [-0.25, -0.2) is 9.59 Å². The van der Waals surface area contributed by atoms with Gasteiger partial charge in [0.15, 0.2) is 0 Å². The monoisotopic (exact) mass is 480 g/mol. The van der Waals surface area contributed by atoms with E-state index in [9.17, 15) is 9.59 Å². The van der Waals surface area contributed by atoms with Crippen LogP contribution in [-0.2, 0) is 42.7 Å². The first-order chi connectivity index (χ1) is 15.9. The Morgan fingerprint density at radius 2 is 0.758 bits per heavy atom. The van der Waals surface area contributed by atoms with Crippen molar-refractivity contribution in [2.45, 2.75) is 13.8 Å². The van der Waals surface area contributed by atoms with Crippen LogP contribution >= 0.6 is 0 Å². The van der Waals surface area contributed by atoms with Crippen molar-refractivity contribution in [3.63, 3.8) is 0 Å². The normalized spacial score (nSPS) is 10.2. The number of carbonyl (C=O) groups is 2. The summed E-state index contributed by atoms with van der Waals surface area (Å²) < 4.78 is 35.2. The summed E-state index contributed by atoms with van der Waals surface area (Å²) in [6.45, 7) is 14.5. The van der Waals surface area contributed by atoms with Gasteiger partial charge in [0.25, 0.3) is 0 Å².